The molecule has 1 heterocycles. The molecule has 1 N–H and O–H groups in total. The Morgan fingerprint density at radius 1 is 1.47 bits per heavy atom. The van der Waals surface area contributed by atoms with Crippen molar-refractivity contribution in [3.63, 3.8) is 0 Å². The number of nitro benzene ring substituents is 1. The van der Waals surface area contributed by atoms with Gasteiger partial charge in [0.1, 0.15) is 0 Å². The van der Waals surface area contributed by atoms with Gasteiger partial charge in [-0.05, 0) is 6.92 Å². The number of carbonyl (C=O) groups is 1. The molecule has 0 aromatic heterocycles. The normalized spacial score (nSPS) is 18.3. The Kier molecular flexibility index (Phi) is 3.25. The van der Waals surface area contributed by atoms with Crippen molar-refractivity contribution < 1.29 is 18.1 Å². The summed E-state index contributed by atoms with van der Waals surface area (Å²) in [6.45, 7) is 1.04. The van der Waals surface area contributed by atoms with Gasteiger partial charge in [-0.2, -0.15) is 12.7 Å². The molecule has 0 unspecified atom stereocenters. The number of carbonyl (C=O) groups excluding carboxylic acids is 1. The molecule has 0 bridgehead atoms. The maximum Gasteiger partial charge on any atom is 0.304 e. The summed E-state index contributed by atoms with van der Waals surface area (Å²) < 4.78 is 25.8. The lowest BCUT2D eigenvalue weighted by molar-refractivity contribution is -0.386. The van der Waals surface area contributed by atoms with E-state index in [0.29, 0.717) is 5.56 Å². The van der Waals surface area contributed by atoms with Crippen LogP contribution in [0.1, 0.15) is 11.1 Å². The van der Waals surface area contributed by atoms with Crippen molar-refractivity contribution in [2.45, 2.75) is 13.5 Å². The Balaban J connectivity index is 2.37. The zero-order valence-corrected chi connectivity index (χ0v) is 10.8. The molecule has 0 atom stereocenters. The summed E-state index contributed by atoms with van der Waals surface area (Å²) >= 11 is 0. The molecule has 19 heavy (non-hydrogen) atoms. The molecule has 1 fully saturated rings. The minimum absolute atomic E-state index is 0.128. The van der Waals surface area contributed by atoms with Gasteiger partial charge in [0.2, 0.25) is 5.91 Å². The van der Waals surface area contributed by atoms with Crippen molar-refractivity contribution in [1.29, 1.82) is 0 Å². The second kappa shape index (κ2) is 4.59. The van der Waals surface area contributed by atoms with E-state index >= 15 is 0 Å². The van der Waals surface area contributed by atoms with E-state index in [2.05, 4.69) is 0 Å². The Hall–Kier alpha value is -2.00. The Bertz CT molecular complexity index is 655. The van der Waals surface area contributed by atoms with Crippen molar-refractivity contribution in [3.05, 3.63) is 39.4 Å². The van der Waals surface area contributed by atoms with Crippen LogP contribution in [0.15, 0.2) is 18.2 Å². The highest BCUT2D eigenvalue weighted by Crippen LogP contribution is 2.25. The summed E-state index contributed by atoms with van der Waals surface area (Å²) in [5.74, 6) is -0.643. The van der Waals surface area contributed by atoms with Gasteiger partial charge in [0.25, 0.3) is 5.69 Å². The number of para-hydroxylation sites is 1. The van der Waals surface area contributed by atoms with Crippen LogP contribution in [0.25, 0.3) is 0 Å². The van der Waals surface area contributed by atoms with Gasteiger partial charge in [0.15, 0.2) is 0 Å². The highest BCUT2D eigenvalue weighted by atomic mass is 32.2. The van der Waals surface area contributed by atoms with E-state index in [4.69, 9.17) is 0 Å². The van der Waals surface area contributed by atoms with Crippen LogP contribution in [0.3, 0.4) is 0 Å². The molecule has 1 aliphatic heterocycles. The summed E-state index contributed by atoms with van der Waals surface area (Å²) in [6.07, 6.45) is 0. The molecule has 102 valence electrons. The van der Waals surface area contributed by atoms with E-state index in [9.17, 15) is 23.3 Å². The fraction of sp³-hybridized carbons (Fsp3) is 0.300. The van der Waals surface area contributed by atoms with Crippen LogP contribution in [0.2, 0.25) is 0 Å². The SMILES string of the molecule is Cc1cccc(CN2CC(=O)NS2(=O)=O)c1[N+](=O)[O-]. The van der Waals surface area contributed by atoms with E-state index in [-0.39, 0.29) is 24.3 Å². The largest absolute Gasteiger partial charge is 0.304 e. The Morgan fingerprint density at radius 3 is 2.68 bits per heavy atom. The van der Waals surface area contributed by atoms with E-state index in [0.717, 1.165) is 4.31 Å². The first-order valence-corrected chi connectivity index (χ1v) is 6.79. The van der Waals surface area contributed by atoms with Crippen LogP contribution in [-0.2, 0) is 21.5 Å². The minimum atomic E-state index is -3.88. The van der Waals surface area contributed by atoms with Gasteiger partial charge < -0.3 is 0 Å². The molecule has 8 nitrogen and oxygen atoms in total. The van der Waals surface area contributed by atoms with E-state index in [1.807, 2.05) is 4.72 Å². The van der Waals surface area contributed by atoms with E-state index < -0.39 is 21.0 Å². The number of aryl methyl sites for hydroxylation is 1. The third-order valence-corrected chi connectivity index (χ3v) is 4.18. The molecule has 1 amide bonds. The molecular formula is C10H11N3O5S. The number of nitrogens with zero attached hydrogens (tertiary/aromatic N) is 2. The number of benzene rings is 1. The van der Waals surface area contributed by atoms with Crippen LogP contribution in [0.4, 0.5) is 5.69 Å². The quantitative estimate of drug-likeness (QED) is 0.624. The lowest BCUT2D eigenvalue weighted by atomic mass is 10.1. The van der Waals surface area contributed by atoms with Gasteiger partial charge in [-0.1, -0.05) is 18.2 Å². The van der Waals surface area contributed by atoms with Crippen LogP contribution >= 0.6 is 0 Å². The topological polar surface area (TPSA) is 110 Å². The van der Waals surface area contributed by atoms with Crippen LogP contribution in [-0.4, -0.2) is 30.1 Å². The Labute approximate surface area is 109 Å². The number of nitro groups is 1. The number of nitrogens with one attached hydrogen (secondary N) is 1. The predicted octanol–water partition coefficient (Wildman–Crippen LogP) is 0.0798. The second-order valence-electron chi connectivity index (χ2n) is 4.14. The second-order valence-corrected chi connectivity index (χ2v) is 5.81. The summed E-state index contributed by atoms with van der Waals surface area (Å²) in [4.78, 5) is 21.5. The molecule has 9 heteroatoms. The van der Waals surface area contributed by atoms with Crippen molar-refractivity contribution >= 4 is 21.8 Å². The van der Waals surface area contributed by atoms with Crippen molar-refractivity contribution in [3.8, 4) is 0 Å². The van der Waals surface area contributed by atoms with E-state index in [1.54, 1.807) is 19.1 Å². The molecule has 1 aromatic rings. The van der Waals surface area contributed by atoms with Gasteiger partial charge in [0, 0.05) is 17.7 Å². The standard InChI is InChI=1S/C10H11N3O5S/c1-7-3-2-4-8(10(7)13(15)16)5-12-6-9(14)11-19(12,17)18/h2-4H,5-6H2,1H3,(H,11,14). The first-order valence-electron chi connectivity index (χ1n) is 5.35. The zero-order valence-electron chi connectivity index (χ0n) is 9.99. The average molecular weight is 285 g/mol. The summed E-state index contributed by atoms with van der Waals surface area (Å²) in [6, 6.07) is 4.66. The molecular weight excluding hydrogens is 274 g/mol. The van der Waals surface area contributed by atoms with Gasteiger partial charge in [-0.15, -0.1) is 0 Å². The highest BCUT2D eigenvalue weighted by molar-refractivity contribution is 7.88. The minimum Gasteiger partial charge on any atom is -0.272 e. The molecule has 0 saturated carbocycles. The molecule has 0 spiro atoms. The lowest BCUT2D eigenvalue weighted by Crippen LogP contribution is -2.29. The van der Waals surface area contributed by atoms with Gasteiger partial charge in [0.05, 0.1) is 11.5 Å². The number of amides is 1. The molecule has 0 radical (unpaired) electrons. The first-order chi connectivity index (χ1) is 8.81. The van der Waals surface area contributed by atoms with Gasteiger partial charge in [-0.3, -0.25) is 14.9 Å². The maximum atomic E-state index is 11.6. The van der Waals surface area contributed by atoms with Crippen molar-refractivity contribution in [1.82, 2.24) is 9.03 Å². The van der Waals surface area contributed by atoms with Gasteiger partial charge in [-0.25, -0.2) is 4.72 Å². The molecule has 1 saturated heterocycles. The molecule has 1 aliphatic rings. The van der Waals surface area contributed by atoms with Crippen LogP contribution < -0.4 is 4.72 Å². The van der Waals surface area contributed by atoms with Crippen molar-refractivity contribution in [2.75, 3.05) is 6.54 Å². The molecule has 0 aliphatic carbocycles. The van der Waals surface area contributed by atoms with Crippen LogP contribution in [0, 0.1) is 17.0 Å². The number of hydrogen-bond donors (Lipinski definition) is 1. The Morgan fingerprint density at radius 2 is 2.16 bits per heavy atom. The van der Waals surface area contributed by atoms with Crippen LogP contribution in [0.5, 0.6) is 0 Å². The van der Waals surface area contributed by atoms with Crippen molar-refractivity contribution in [2.24, 2.45) is 0 Å². The predicted molar refractivity (Wildman–Crippen MR) is 65.3 cm³/mol. The fourth-order valence-corrected chi connectivity index (χ4v) is 3.00. The third kappa shape index (κ3) is 2.56. The maximum absolute atomic E-state index is 11.6. The third-order valence-electron chi connectivity index (χ3n) is 2.75. The van der Waals surface area contributed by atoms with E-state index in [1.165, 1.54) is 6.07 Å². The highest BCUT2D eigenvalue weighted by Gasteiger charge is 2.35. The number of rotatable bonds is 3. The smallest absolute Gasteiger partial charge is 0.272 e. The average Bonchev–Trinajstić information content (AvgIpc) is 2.51. The molecule has 1 aromatic carbocycles. The summed E-state index contributed by atoms with van der Waals surface area (Å²) in [5, 5.41) is 11.0. The molecule has 2 rings (SSSR count). The monoisotopic (exact) mass is 285 g/mol. The summed E-state index contributed by atoms with van der Waals surface area (Å²) in [7, 11) is -3.88. The number of hydrogen-bond acceptors (Lipinski definition) is 5. The fourth-order valence-electron chi connectivity index (χ4n) is 1.93. The first kappa shape index (κ1) is 13.4. The summed E-state index contributed by atoms with van der Waals surface area (Å²) in [5.41, 5.74) is 0.570. The van der Waals surface area contributed by atoms with Gasteiger partial charge >= 0.3 is 10.2 Å². The lowest BCUT2D eigenvalue weighted by Gasteiger charge is -2.12. The zero-order chi connectivity index (χ0) is 14.2.